The fourth-order valence-electron chi connectivity index (χ4n) is 2.26. The fraction of sp³-hybridized carbons (Fsp3) is 0.538. The van der Waals surface area contributed by atoms with Crippen molar-refractivity contribution in [2.24, 2.45) is 0 Å². The summed E-state index contributed by atoms with van der Waals surface area (Å²) in [6.45, 7) is 3.19. The van der Waals surface area contributed by atoms with Crippen LogP contribution in [0.15, 0.2) is 29.2 Å². The van der Waals surface area contributed by atoms with Crippen LogP contribution in [0, 0.1) is 0 Å². The summed E-state index contributed by atoms with van der Waals surface area (Å²) < 4.78 is 29.5. The van der Waals surface area contributed by atoms with Gasteiger partial charge in [-0.2, -0.15) is 0 Å². The summed E-state index contributed by atoms with van der Waals surface area (Å²) in [5.41, 5.74) is 0.653. The van der Waals surface area contributed by atoms with Crippen LogP contribution in [0.5, 0.6) is 0 Å². The summed E-state index contributed by atoms with van der Waals surface area (Å²) in [6, 6.07) is 7.10. The van der Waals surface area contributed by atoms with Crippen molar-refractivity contribution in [2.45, 2.75) is 24.0 Å². The molecule has 2 rings (SSSR count). The SMILES string of the molecule is CCS(=O)(=O)c1ccccc1NC1CNC[C@@H]1OC. The molecule has 1 aromatic carbocycles. The van der Waals surface area contributed by atoms with Gasteiger partial charge in [-0.1, -0.05) is 19.1 Å². The molecule has 1 aromatic rings. The number of benzene rings is 1. The molecule has 0 aliphatic carbocycles. The van der Waals surface area contributed by atoms with Crippen LogP contribution in [-0.4, -0.2) is 46.5 Å². The monoisotopic (exact) mass is 284 g/mol. The van der Waals surface area contributed by atoms with E-state index in [4.69, 9.17) is 4.74 Å². The van der Waals surface area contributed by atoms with E-state index in [0.29, 0.717) is 10.6 Å². The van der Waals surface area contributed by atoms with Gasteiger partial charge in [-0.3, -0.25) is 0 Å². The Kier molecular flexibility index (Phi) is 4.44. The molecule has 1 heterocycles. The van der Waals surface area contributed by atoms with Crippen molar-refractivity contribution < 1.29 is 13.2 Å². The molecular weight excluding hydrogens is 264 g/mol. The van der Waals surface area contributed by atoms with Crippen molar-refractivity contribution in [3.8, 4) is 0 Å². The van der Waals surface area contributed by atoms with Crippen LogP contribution in [0.2, 0.25) is 0 Å². The fourth-order valence-corrected chi connectivity index (χ4v) is 3.32. The van der Waals surface area contributed by atoms with Crippen LogP contribution >= 0.6 is 0 Å². The molecule has 2 atom stereocenters. The zero-order chi connectivity index (χ0) is 13.9. The first-order valence-corrected chi connectivity index (χ1v) is 8.05. The molecule has 5 nitrogen and oxygen atoms in total. The van der Waals surface area contributed by atoms with Gasteiger partial charge in [-0.05, 0) is 12.1 Å². The van der Waals surface area contributed by atoms with Gasteiger partial charge in [0.05, 0.1) is 28.5 Å². The number of hydrogen-bond donors (Lipinski definition) is 2. The highest BCUT2D eigenvalue weighted by molar-refractivity contribution is 7.91. The number of sulfone groups is 1. The zero-order valence-electron chi connectivity index (χ0n) is 11.2. The van der Waals surface area contributed by atoms with Crippen molar-refractivity contribution >= 4 is 15.5 Å². The van der Waals surface area contributed by atoms with E-state index in [9.17, 15) is 8.42 Å². The Hall–Kier alpha value is -1.11. The predicted octanol–water partition coefficient (Wildman–Crippen LogP) is 0.879. The number of anilines is 1. The quantitative estimate of drug-likeness (QED) is 0.840. The first-order chi connectivity index (χ1) is 9.08. The van der Waals surface area contributed by atoms with E-state index in [1.165, 1.54) is 0 Å². The molecule has 6 heteroatoms. The van der Waals surface area contributed by atoms with E-state index in [0.717, 1.165) is 13.1 Å². The summed E-state index contributed by atoms with van der Waals surface area (Å²) in [6.07, 6.45) is 0.0531. The Labute approximate surface area is 114 Å². The minimum Gasteiger partial charge on any atom is -0.378 e. The summed E-state index contributed by atoms with van der Waals surface area (Å²) >= 11 is 0. The summed E-state index contributed by atoms with van der Waals surface area (Å²) in [5, 5.41) is 6.51. The van der Waals surface area contributed by atoms with E-state index >= 15 is 0 Å². The smallest absolute Gasteiger partial charge is 0.180 e. The van der Waals surface area contributed by atoms with E-state index in [2.05, 4.69) is 10.6 Å². The molecule has 0 radical (unpaired) electrons. The third-order valence-electron chi connectivity index (χ3n) is 3.40. The molecule has 1 unspecified atom stereocenters. The van der Waals surface area contributed by atoms with Crippen molar-refractivity contribution in [2.75, 3.05) is 31.3 Å². The topological polar surface area (TPSA) is 67.4 Å². The van der Waals surface area contributed by atoms with Gasteiger partial charge >= 0.3 is 0 Å². The third-order valence-corrected chi connectivity index (χ3v) is 5.19. The van der Waals surface area contributed by atoms with E-state index in [1.807, 2.05) is 6.07 Å². The van der Waals surface area contributed by atoms with Crippen molar-refractivity contribution in [3.05, 3.63) is 24.3 Å². The molecule has 106 valence electrons. The highest BCUT2D eigenvalue weighted by Gasteiger charge is 2.28. The lowest BCUT2D eigenvalue weighted by Gasteiger charge is -2.21. The second kappa shape index (κ2) is 5.90. The molecule has 0 spiro atoms. The highest BCUT2D eigenvalue weighted by atomic mass is 32.2. The van der Waals surface area contributed by atoms with Gasteiger partial charge in [0.1, 0.15) is 0 Å². The summed E-state index contributed by atoms with van der Waals surface area (Å²) in [4.78, 5) is 0.360. The second-order valence-electron chi connectivity index (χ2n) is 4.58. The predicted molar refractivity (Wildman–Crippen MR) is 75.2 cm³/mol. The van der Waals surface area contributed by atoms with Crippen LogP contribution in [0.4, 0.5) is 5.69 Å². The van der Waals surface area contributed by atoms with Crippen LogP contribution in [0.1, 0.15) is 6.92 Å². The summed E-state index contributed by atoms with van der Waals surface area (Å²) in [5.74, 6) is 0.0995. The van der Waals surface area contributed by atoms with E-state index in [-0.39, 0.29) is 17.9 Å². The molecule has 2 N–H and O–H groups in total. The van der Waals surface area contributed by atoms with Crippen LogP contribution in [0.3, 0.4) is 0 Å². The Morgan fingerprint density at radius 3 is 2.79 bits per heavy atom. The number of para-hydroxylation sites is 1. The van der Waals surface area contributed by atoms with Crippen molar-refractivity contribution in [1.82, 2.24) is 5.32 Å². The van der Waals surface area contributed by atoms with Crippen molar-refractivity contribution in [1.29, 1.82) is 0 Å². The maximum absolute atomic E-state index is 12.1. The van der Waals surface area contributed by atoms with Gasteiger partial charge in [0, 0.05) is 20.2 Å². The van der Waals surface area contributed by atoms with Gasteiger partial charge in [0.2, 0.25) is 0 Å². The van der Waals surface area contributed by atoms with Crippen LogP contribution in [0.25, 0.3) is 0 Å². The molecular formula is C13H20N2O3S. The van der Waals surface area contributed by atoms with Gasteiger partial charge in [0.25, 0.3) is 0 Å². The minimum atomic E-state index is -3.22. The first-order valence-electron chi connectivity index (χ1n) is 6.40. The Morgan fingerprint density at radius 2 is 2.11 bits per heavy atom. The lowest BCUT2D eigenvalue weighted by Crippen LogP contribution is -2.34. The van der Waals surface area contributed by atoms with Crippen molar-refractivity contribution in [3.63, 3.8) is 0 Å². The zero-order valence-corrected chi connectivity index (χ0v) is 12.0. The lowest BCUT2D eigenvalue weighted by atomic mass is 10.2. The number of hydrogen-bond acceptors (Lipinski definition) is 5. The molecule has 1 aliphatic rings. The molecule has 19 heavy (non-hydrogen) atoms. The molecule has 1 fully saturated rings. The standard InChI is InChI=1S/C13H20N2O3S/c1-3-19(16,17)13-7-5-4-6-10(13)15-11-8-14-9-12(11)18-2/h4-7,11-12,14-15H,3,8-9H2,1-2H3/t11?,12-/m0/s1. The molecule has 0 bridgehead atoms. The minimum absolute atomic E-state index is 0.0531. The molecule has 0 amide bonds. The lowest BCUT2D eigenvalue weighted by molar-refractivity contribution is 0.111. The highest BCUT2D eigenvalue weighted by Crippen LogP contribution is 2.24. The molecule has 1 saturated heterocycles. The van der Waals surface area contributed by atoms with E-state index < -0.39 is 9.84 Å². The maximum Gasteiger partial charge on any atom is 0.180 e. The first kappa shape index (κ1) is 14.3. The average molecular weight is 284 g/mol. The van der Waals surface area contributed by atoms with Crippen LogP contribution in [-0.2, 0) is 14.6 Å². The normalized spacial score (nSPS) is 23.5. The average Bonchev–Trinajstić information content (AvgIpc) is 2.86. The Morgan fingerprint density at radius 1 is 1.37 bits per heavy atom. The third kappa shape index (κ3) is 3.08. The number of methoxy groups -OCH3 is 1. The Balaban J connectivity index is 2.26. The largest absolute Gasteiger partial charge is 0.378 e. The number of ether oxygens (including phenoxy) is 1. The van der Waals surface area contributed by atoms with Gasteiger partial charge in [-0.25, -0.2) is 8.42 Å². The summed E-state index contributed by atoms with van der Waals surface area (Å²) in [7, 11) is -1.55. The number of rotatable bonds is 5. The molecule has 0 saturated carbocycles. The molecule has 0 aromatic heterocycles. The Bertz CT molecular complexity index is 530. The van der Waals surface area contributed by atoms with Crippen LogP contribution < -0.4 is 10.6 Å². The maximum atomic E-state index is 12.1. The van der Waals surface area contributed by atoms with Gasteiger partial charge in [0.15, 0.2) is 9.84 Å². The molecule has 1 aliphatic heterocycles. The van der Waals surface area contributed by atoms with E-state index in [1.54, 1.807) is 32.2 Å². The second-order valence-corrected chi connectivity index (χ2v) is 6.83. The van der Waals surface area contributed by atoms with Gasteiger partial charge in [-0.15, -0.1) is 0 Å². The van der Waals surface area contributed by atoms with Gasteiger partial charge < -0.3 is 15.4 Å². The number of nitrogens with one attached hydrogen (secondary N) is 2.